The molecule has 1 aromatic heterocycles. The first-order chi connectivity index (χ1) is 12.7. The summed E-state index contributed by atoms with van der Waals surface area (Å²) in [6.07, 6.45) is 0. The van der Waals surface area contributed by atoms with Crippen LogP contribution >= 0.6 is 0 Å². The number of ether oxygens (including phenoxy) is 1. The molecule has 0 bridgehead atoms. The van der Waals surface area contributed by atoms with Crippen LogP contribution in [0.25, 0.3) is 0 Å². The van der Waals surface area contributed by atoms with E-state index in [9.17, 15) is 4.79 Å². The van der Waals surface area contributed by atoms with E-state index in [0.29, 0.717) is 23.9 Å². The molecule has 1 heterocycles. The number of carbonyl (C=O) groups excluding carboxylic acids is 1. The molecule has 26 heavy (non-hydrogen) atoms. The van der Waals surface area contributed by atoms with Crippen molar-refractivity contribution < 1.29 is 9.53 Å². The third kappa shape index (κ3) is 4.94. The fraction of sp³-hybridized carbons (Fsp3) is 0.105. The highest BCUT2D eigenvalue weighted by Crippen LogP contribution is 2.19. The van der Waals surface area contributed by atoms with Gasteiger partial charge in [-0.3, -0.25) is 5.32 Å². The van der Waals surface area contributed by atoms with Crippen molar-refractivity contribution in [2.45, 2.75) is 6.92 Å². The summed E-state index contributed by atoms with van der Waals surface area (Å²) in [5.74, 6) is 1.74. The molecule has 3 rings (SSSR count). The summed E-state index contributed by atoms with van der Waals surface area (Å²) in [6, 6.07) is 19.8. The van der Waals surface area contributed by atoms with Gasteiger partial charge in [0.15, 0.2) is 11.6 Å². The van der Waals surface area contributed by atoms with E-state index >= 15 is 0 Å². The maximum Gasteiger partial charge on any atom is 0.324 e. The van der Waals surface area contributed by atoms with Gasteiger partial charge in [-0.25, -0.2) is 4.79 Å². The molecule has 0 unspecified atom stereocenters. The number of hydrogen-bond donors (Lipinski definition) is 3. The Morgan fingerprint density at radius 2 is 1.54 bits per heavy atom. The molecule has 3 aromatic rings. The smallest absolute Gasteiger partial charge is 0.324 e. The molecular formula is C19H19N5O2. The minimum absolute atomic E-state index is 0.357. The van der Waals surface area contributed by atoms with Crippen LogP contribution in [0, 0.1) is 0 Å². The van der Waals surface area contributed by atoms with E-state index in [0.717, 1.165) is 11.4 Å². The zero-order valence-corrected chi connectivity index (χ0v) is 14.3. The number of amides is 2. The summed E-state index contributed by atoms with van der Waals surface area (Å²) >= 11 is 0. The SMILES string of the molecule is CCOc1ccc(Nc2ccc(NC(=O)Nc3ccccc3)nn2)cc1. The number of hydrogen-bond acceptors (Lipinski definition) is 5. The molecule has 2 aromatic carbocycles. The van der Waals surface area contributed by atoms with E-state index in [1.165, 1.54) is 0 Å². The lowest BCUT2D eigenvalue weighted by Crippen LogP contribution is -2.20. The van der Waals surface area contributed by atoms with Crippen molar-refractivity contribution in [3.05, 3.63) is 66.7 Å². The molecule has 0 saturated carbocycles. The van der Waals surface area contributed by atoms with Gasteiger partial charge in [0.25, 0.3) is 0 Å². The fourth-order valence-electron chi connectivity index (χ4n) is 2.21. The number of nitrogens with zero attached hydrogens (tertiary/aromatic N) is 2. The van der Waals surface area contributed by atoms with Crippen molar-refractivity contribution in [1.29, 1.82) is 0 Å². The van der Waals surface area contributed by atoms with Crippen LogP contribution < -0.4 is 20.7 Å². The Morgan fingerprint density at radius 3 is 2.19 bits per heavy atom. The molecule has 0 spiro atoms. The zero-order chi connectivity index (χ0) is 18.2. The van der Waals surface area contributed by atoms with Crippen LogP contribution in [0.1, 0.15) is 6.92 Å². The normalized spacial score (nSPS) is 10.0. The van der Waals surface area contributed by atoms with E-state index in [-0.39, 0.29) is 6.03 Å². The number of aromatic nitrogens is 2. The minimum atomic E-state index is -0.377. The summed E-state index contributed by atoms with van der Waals surface area (Å²) in [5, 5.41) is 16.5. The van der Waals surface area contributed by atoms with Gasteiger partial charge in [0.2, 0.25) is 0 Å². The first kappa shape index (κ1) is 17.2. The van der Waals surface area contributed by atoms with E-state index in [2.05, 4.69) is 26.1 Å². The predicted octanol–water partition coefficient (Wildman–Crippen LogP) is 4.26. The average Bonchev–Trinajstić information content (AvgIpc) is 2.66. The van der Waals surface area contributed by atoms with Gasteiger partial charge in [-0.15, -0.1) is 10.2 Å². The average molecular weight is 349 g/mol. The molecular weight excluding hydrogens is 330 g/mol. The van der Waals surface area contributed by atoms with E-state index in [4.69, 9.17) is 4.74 Å². The van der Waals surface area contributed by atoms with Crippen LogP contribution in [-0.4, -0.2) is 22.8 Å². The maximum atomic E-state index is 11.9. The lowest BCUT2D eigenvalue weighted by molar-refractivity contribution is 0.262. The van der Waals surface area contributed by atoms with Gasteiger partial charge >= 0.3 is 6.03 Å². The molecule has 0 fully saturated rings. The Balaban J connectivity index is 1.55. The highest BCUT2D eigenvalue weighted by Gasteiger charge is 2.04. The lowest BCUT2D eigenvalue weighted by Gasteiger charge is -2.08. The first-order valence-corrected chi connectivity index (χ1v) is 8.19. The van der Waals surface area contributed by atoms with Crippen molar-refractivity contribution in [2.24, 2.45) is 0 Å². The van der Waals surface area contributed by atoms with Crippen LogP contribution in [0.2, 0.25) is 0 Å². The van der Waals surface area contributed by atoms with Crippen LogP contribution in [-0.2, 0) is 0 Å². The standard InChI is InChI=1S/C19H19N5O2/c1-2-26-16-10-8-15(9-11-16)20-17-12-13-18(24-23-17)22-19(25)21-14-6-4-3-5-7-14/h3-13H,2H2,1H3,(H,20,23)(H2,21,22,24,25). The highest BCUT2D eigenvalue weighted by molar-refractivity contribution is 5.99. The first-order valence-electron chi connectivity index (χ1n) is 8.19. The van der Waals surface area contributed by atoms with Gasteiger partial charge < -0.3 is 15.4 Å². The Labute approximate surface area is 151 Å². The van der Waals surface area contributed by atoms with Crippen LogP contribution in [0.4, 0.5) is 27.8 Å². The topological polar surface area (TPSA) is 88.2 Å². The summed E-state index contributed by atoms with van der Waals surface area (Å²) < 4.78 is 5.40. The number of para-hydroxylation sites is 1. The molecule has 132 valence electrons. The van der Waals surface area contributed by atoms with Crippen LogP contribution in [0.3, 0.4) is 0 Å². The van der Waals surface area contributed by atoms with Crippen molar-refractivity contribution >= 4 is 29.0 Å². The Bertz CT molecular complexity index is 836. The summed E-state index contributed by atoms with van der Waals surface area (Å²) in [5.41, 5.74) is 1.57. The molecule has 0 aliphatic rings. The van der Waals surface area contributed by atoms with Crippen molar-refractivity contribution in [2.75, 3.05) is 22.6 Å². The van der Waals surface area contributed by atoms with E-state index < -0.39 is 0 Å². The number of nitrogens with one attached hydrogen (secondary N) is 3. The van der Waals surface area contributed by atoms with E-state index in [1.54, 1.807) is 24.3 Å². The minimum Gasteiger partial charge on any atom is -0.494 e. The number of carbonyl (C=O) groups is 1. The fourth-order valence-corrected chi connectivity index (χ4v) is 2.21. The van der Waals surface area contributed by atoms with Gasteiger partial charge in [0.05, 0.1) is 6.61 Å². The van der Waals surface area contributed by atoms with Gasteiger partial charge in [0.1, 0.15) is 5.75 Å². The maximum absolute atomic E-state index is 11.9. The molecule has 2 amide bonds. The van der Waals surface area contributed by atoms with E-state index in [1.807, 2.05) is 49.4 Å². The Kier molecular flexibility index (Phi) is 5.61. The van der Waals surface area contributed by atoms with Gasteiger partial charge in [-0.2, -0.15) is 0 Å². The van der Waals surface area contributed by atoms with Crippen molar-refractivity contribution in [1.82, 2.24) is 10.2 Å². The molecule has 7 nitrogen and oxygen atoms in total. The van der Waals surface area contributed by atoms with Gasteiger partial charge in [0, 0.05) is 11.4 Å². The third-order valence-electron chi connectivity index (χ3n) is 3.38. The second-order valence-electron chi connectivity index (χ2n) is 5.33. The number of urea groups is 1. The molecule has 0 aliphatic carbocycles. The molecule has 0 saturated heterocycles. The Morgan fingerprint density at radius 1 is 0.846 bits per heavy atom. The number of rotatable bonds is 6. The second kappa shape index (κ2) is 8.48. The zero-order valence-electron chi connectivity index (χ0n) is 14.3. The third-order valence-corrected chi connectivity index (χ3v) is 3.38. The summed E-state index contributed by atoms with van der Waals surface area (Å²) in [6.45, 7) is 2.57. The highest BCUT2D eigenvalue weighted by atomic mass is 16.5. The lowest BCUT2D eigenvalue weighted by atomic mass is 10.3. The molecule has 7 heteroatoms. The van der Waals surface area contributed by atoms with Crippen LogP contribution in [0.5, 0.6) is 5.75 Å². The molecule has 0 aliphatic heterocycles. The number of anilines is 4. The monoisotopic (exact) mass is 349 g/mol. The summed E-state index contributed by atoms with van der Waals surface area (Å²) in [7, 11) is 0. The molecule has 0 radical (unpaired) electrons. The molecule has 0 atom stereocenters. The van der Waals surface area contributed by atoms with Crippen LogP contribution in [0.15, 0.2) is 66.7 Å². The van der Waals surface area contributed by atoms with Gasteiger partial charge in [-0.05, 0) is 55.5 Å². The molecule has 3 N–H and O–H groups in total. The van der Waals surface area contributed by atoms with Crippen molar-refractivity contribution in [3.8, 4) is 5.75 Å². The second-order valence-corrected chi connectivity index (χ2v) is 5.33. The van der Waals surface area contributed by atoms with Gasteiger partial charge in [-0.1, -0.05) is 18.2 Å². The predicted molar refractivity (Wildman–Crippen MR) is 102 cm³/mol. The Hall–Kier alpha value is -3.61. The quantitative estimate of drug-likeness (QED) is 0.619. The number of benzene rings is 2. The largest absolute Gasteiger partial charge is 0.494 e. The van der Waals surface area contributed by atoms with Crippen molar-refractivity contribution in [3.63, 3.8) is 0 Å². The summed E-state index contributed by atoms with van der Waals surface area (Å²) in [4.78, 5) is 11.9.